The lowest BCUT2D eigenvalue weighted by molar-refractivity contribution is -0.350. The van der Waals surface area contributed by atoms with Gasteiger partial charge in [0.05, 0.1) is 6.61 Å². The van der Waals surface area contributed by atoms with E-state index in [9.17, 15) is 57.7 Å². The van der Waals surface area contributed by atoms with Crippen LogP contribution in [0.15, 0.2) is 42.7 Å². The number of ether oxygens (including phenoxy) is 2. The first-order valence-corrected chi connectivity index (χ1v) is 10.0. The van der Waals surface area contributed by atoms with Gasteiger partial charge in [0.15, 0.2) is 10.1 Å². The van der Waals surface area contributed by atoms with E-state index < -0.39 is 70.5 Å². The molecule has 17 heteroatoms. The molecule has 1 amide bonds. The van der Waals surface area contributed by atoms with Gasteiger partial charge in [-0.15, -0.1) is 0 Å². The van der Waals surface area contributed by atoms with E-state index in [-0.39, 0.29) is 5.56 Å². The van der Waals surface area contributed by atoms with Crippen LogP contribution < -0.4 is 5.32 Å². The van der Waals surface area contributed by atoms with E-state index in [1.54, 1.807) is 5.32 Å². The topological polar surface area (TPSA) is 122 Å². The van der Waals surface area contributed by atoms with Crippen LogP contribution in [0.4, 0.5) is 35.1 Å². The molecule has 0 spiro atoms. The monoisotopic (exact) mass is 528 g/mol. The standard InChI is InChI=1S/C17H15F8NO7S/c1-10(18)12(27)33-15(16(21,22)23,13(28)26-9-11-5-3-2-4-6-11)32-8-7-14(19,20)17(24,25)34(29,30)31/h2-6H,1,7-9H2,(H,26,28)(H,29,30,31)/p-1. The highest BCUT2D eigenvalue weighted by molar-refractivity contribution is 7.86. The molecule has 1 aromatic rings. The van der Waals surface area contributed by atoms with Gasteiger partial charge in [-0.1, -0.05) is 36.9 Å². The molecule has 1 aromatic carbocycles. The summed E-state index contributed by atoms with van der Waals surface area (Å²) in [5.41, 5.74) is 0.181. The molecule has 0 saturated carbocycles. The molecule has 0 aliphatic heterocycles. The van der Waals surface area contributed by atoms with Crippen LogP contribution in [-0.2, 0) is 35.7 Å². The van der Waals surface area contributed by atoms with Crippen molar-refractivity contribution < 1.29 is 67.2 Å². The van der Waals surface area contributed by atoms with Crippen LogP contribution in [0.3, 0.4) is 0 Å². The highest BCUT2D eigenvalue weighted by Crippen LogP contribution is 2.42. The Labute approximate surface area is 186 Å². The molecule has 1 atom stereocenters. The maximum absolute atomic E-state index is 13.7. The molecule has 0 fully saturated rings. The molecular weight excluding hydrogens is 514 g/mol. The van der Waals surface area contributed by atoms with Crippen molar-refractivity contribution in [2.45, 2.75) is 36.1 Å². The van der Waals surface area contributed by atoms with Crippen molar-refractivity contribution in [2.75, 3.05) is 6.61 Å². The molecule has 192 valence electrons. The second-order valence-corrected chi connectivity index (χ2v) is 7.77. The molecule has 1 unspecified atom stereocenters. The predicted molar refractivity (Wildman–Crippen MR) is 93.6 cm³/mol. The summed E-state index contributed by atoms with van der Waals surface area (Å²) in [6, 6.07) is 6.96. The number of carbonyl (C=O) groups is 2. The number of alkyl halides is 7. The van der Waals surface area contributed by atoms with Crippen molar-refractivity contribution in [3.05, 3.63) is 48.3 Å². The lowest BCUT2D eigenvalue weighted by Gasteiger charge is -2.34. The highest BCUT2D eigenvalue weighted by atomic mass is 32.2. The van der Waals surface area contributed by atoms with Crippen LogP contribution >= 0.6 is 0 Å². The van der Waals surface area contributed by atoms with Crippen molar-refractivity contribution >= 4 is 22.0 Å². The number of carbonyl (C=O) groups excluding carboxylic acids is 2. The van der Waals surface area contributed by atoms with Gasteiger partial charge in [0.2, 0.25) is 5.83 Å². The molecule has 8 nitrogen and oxygen atoms in total. The van der Waals surface area contributed by atoms with E-state index >= 15 is 0 Å². The fraction of sp³-hybridized carbons (Fsp3) is 0.412. The van der Waals surface area contributed by atoms with Gasteiger partial charge in [-0.05, 0) is 5.56 Å². The van der Waals surface area contributed by atoms with E-state index in [0.717, 1.165) is 0 Å². The Morgan fingerprint density at radius 1 is 1.03 bits per heavy atom. The van der Waals surface area contributed by atoms with Crippen molar-refractivity contribution in [2.24, 2.45) is 0 Å². The minimum atomic E-state index is -6.98. The van der Waals surface area contributed by atoms with Crippen molar-refractivity contribution in [1.82, 2.24) is 5.32 Å². The van der Waals surface area contributed by atoms with E-state index in [4.69, 9.17) is 0 Å². The van der Waals surface area contributed by atoms with Crippen LogP contribution in [0, 0.1) is 0 Å². The Bertz CT molecular complexity index is 1010. The Hall–Kier alpha value is -2.79. The second-order valence-electron chi connectivity index (χ2n) is 6.35. The average Bonchev–Trinajstić information content (AvgIpc) is 2.69. The van der Waals surface area contributed by atoms with Gasteiger partial charge in [-0.25, -0.2) is 13.2 Å². The van der Waals surface area contributed by atoms with Crippen molar-refractivity contribution in [3.63, 3.8) is 0 Å². The molecule has 1 rings (SSSR count). The van der Waals surface area contributed by atoms with Crippen LogP contribution in [-0.4, -0.2) is 54.6 Å². The summed E-state index contributed by atoms with van der Waals surface area (Å²) in [5, 5.41) is -4.68. The highest BCUT2D eigenvalue weighted by Gasteiger charge is 2.67. The summed E-state index contributed by atoms with van der Waals surface area (Å²) in [4.78, 5) is 23.7. The maximum atomic E-state index is 13.7. The second kappa shape index (κ2) is 10.2. The molecule has 0 heterocycles. The van der Waals surface area contributed by atoms with Gasteiger partial charge in [-0.2, -0.15) is 35.1 Å². The summed E-state index contributed by atoms with van der Waals surface area (Å²) in [6.45, 7) is -0.566. The van der Waals surface area contributed by atoms with E-state index in [2.05, 4.69) is 16.1 Å². The Morgan fingerprint density at radius 3 is 2.00 bits per heavy atom. The molecule has 0 aliphatic carbocycles. The predicted octanol–water partition coefficient (Wildman–Crippen LogP) is 2.77. The minimum Gasteiger partial charge on any atom is -0.743 e. The van der Waals surface area contributed by atoms with Gasteiger partial charge in [0.25, 0.3) is 0 Å². The molecule has 0 radical (unpaired) electrons. The molecule has 0 saturated heterocycles. The van der Waals surface area contributed by atoms with Crippen LogP contribution in [0.25, 0.3) is 0 Å². The lowest BCUT2D eigenvalue weighted by atomic mass is 10.2. The molecular formula is C17H14F8NO7S-. The zero-order valence-corrected chi connectivity index (χ0v) is 17.3. The quantitative estimate of drug-likeness (QED) is 0.154. The fourth-order valence-corrected chi connectivity index (χ4v) is 2.61. The van der Waals surface area contributed by atoms with Crippen molar-refractivity contribution in [1.29, 1.82) is 0 Å². The third kappa shape index (κ3) is 6.41. The number of benzene rings is 1. The third-order valence-electron chi connectivity index (χ3n) is 3.89. The van der Waals surface area contributed by atoms with E-state index in [1.165, 1.54) is 30.3 Å². The first-order valence-electron chi connectivity index (χ1n) is 8.60. The molecule has 0 aromatic heterocycles. The summed E-state index contributed by atoms with van der Waals surface area (Å²) < 4.78 is 146. The number of hydrogen-bond acceptors (Lipinski definition) is 7. The van der Waals surface area contributed by atoms with Gasteiger partial charge < -0.3 is 19.3 Å². The maximum Gasteiger partial charge on any atom is 0.466 e. The molecule has 0 aliphatic rings. The number of rotatable bonds is 11. The average molecular weight is 528 g/mol. The van der Waals surface area contributed by atoms with Crippen LogP contribution in [0.5, 0.6) is 0 Å². The molecule has 1 N–H and O–H groups in total. The zero-order chi connectivity index (χ0) is 26.6. The van der Waals surface area contributed by atoms with Gasteiger partial charge >= 0.3 is 35.0 Å². The van der Waals surface area contributed by atoms with Gasteiger partial charge in [-0.3, -0.25) is 4.79 Å². The van der Waals surface area contributed by atoms with Crippen LogP contribution in [0.1, 0.15) is 12.0 Å². The number of esters is 1. The Kier molecular flexibility index (Phi) is 8.79. The lowest BCUT2D eigenvalue weighted by Crippen LogP contribution is -2.61. The van der Waals surface area contributed by atoms with E-state index in [1.807, 2.05) is 0 Å². The summed E-state index contributed by atoms with van der Waals surface area (Å²) >= 11 is 0. The SMILES string of the molecule is C=C(F)C(=O)OC(OCCC(F)(F)C(F)(F)S(=O)(=O)[O-])(C(=O)NCc1ccccc1)C(F)(F)F. The first-order chi connectivity index (χ1) is 15.3. The Balaban J connectivity index is 3.28. The van der Waals surface area contributed by atoms with Crippen LogP contribution in [0.2, 0.25) is 0 Å². The zero-order valence-electron chi connectivity index (χ0n) is 16.5. The number of amides is 1. The normalized spacial score (nSPS) is 14.7. The molecule has 34 heavy (non-hydrogen) atoms. The first kappa shape index (κ1) is 29.2. The van der Waals surface area contributed by atoms with Gasteiger partial charge in [0.1, 0.15) is 0 Å². The summed E-state index contributed by atoms with van der Waals surface area (Å²) in [7, 11) is -6.98. The number of nitrogens with one attached hydrogen (secondary N) is 1. The third-order valence-corrected chi connectivity index (χ3v) is 4.81. The smallest absolute Gasteiger partial charge is 0.466 e. The number of halogens is 8. The number of hydrogen-bond donors (Lipinski definition) is 1. The van der Waals surface area contributed by atoms with Gasteiger partial charge in [0, 0.05) is 13.0 Å². The summed E-state index contributed by atoms with van der Waals surface area (Å²) in [5.74, 6) is -17.7. The minimum absolute atomic E-state index is 0.181. The van der Waals surface area contributed by atoms with E-state index in [0.29, 0.717) is 0 Å². The Morgan fingerprint density at radius 2 is 1.56 bits per heavy atom. The largest absolute Gasteiger partial charge is 0.743 e. The summed E-state index contributed by atoms with van der Waals surface area (Å²) in [6.07, 6.45) is -8.68. The molecule has 0 bridgehead atoms. The fourth-order valence-electron chi connectivity index (χ4n) is 2.14. The van der Waals surface area contributed by atoms with Crippen molar-refractivity contribution in [3.8, 4) is 0 Å².